The molecule has 0 radical (unpaired) electrons. The molecule has 3 aromatic carbocycles. The smallest absolute Gasteiger partial charge is 0.278 e. The fourth-order valence-electron chi connectivity index (χ4n) is 2.85. The molecule has 0 saturated carbocycles. The molecular weight excluding hydrogens is 418 g/mol. The van der Waals surface area contributed by atoms with E-state index in [2.05, 4.69) is 0 Å². The molecule has 0 aromatic heterocycles. The van der Waals surface area contributed by atoms with Gasteiger partial charge in [0.25, 0.3) is 15.9 Å². The summed E-state index contributed by atoms with van der Waals surface area (Å²) in [4.78, 5) is 13.1. The van der Waals surface area contributed by atoms with Crippen LogP contribution in [0.2, 0.25) is 0 Å². The molecule has 0 aliphatic heterocycles. The number of sulfonamides is 1. The summed E-state index contributed by atoms with van der Waals surface area (Å²) in [6.45, 7) is 1.84. The third-order valence-electron chi connectivity index (χ3n) is 4.29. The van der Waals surface area contributed by atoms with Crippen LogP contribution in [-0.2, 0) is 14.8 Å². The first-order valence-electron chi connectivity index (χ1n) is 9.58. The number of hydrogen-bond donors (Lipinski definition) is 0. The first-order valence-corrected chi connectivity index (χ1v) is 11.0. The van der Waals surface area contributed by atoms with E-state index in [9.17, 15) is 13.2 Å². The molecule has 7 nitrogen and oxygen atoms in total. The number of nitrogens with zero attached hydrogens (tertiary/aromatic N) is 1. The Labute approximate surface area is 181 Å². The van der Waals surface area contributed by atoms with Crippen molar-refractivity contribution in [2.45, 2.75) is 11.8 Å². The van der Waals surface area contributed by atoms with Crippen LogP contribution in [-0.4, -0.2) is 34.6 Å². The van der Waals surface area contributed by atoms with Gasteiger partial charge in [0.2, 0.25) is 0 Å². The molecule has 3 rings (SSSR count). The number of ether oxygens (including phenoxy) is 3. The van der Waals surface area contributed by atoms with Crippen molar-refractivity contribution in [2.75, 3.05) is 24.6 Å². The molecule has 0 bridgehead atoms. The lowest BCUT2D eigenvalue weighted by Gasteiger charge is -2.23. The normalized spacial score (nSPS) is 10.9. The first-order chi connectivity index (χ1) is 15.0. The molecule has 0 aliphatic rings. The number of carbonyl (C=O) groups excluding carboxylic acids is 1. The largest absolute Gasteiger partial charge is 0.497 e. The predicted octanol–water partition coefficient (Wildman–Crippen LogP) is 3.89. The zero-order valence-electron chi connectivity index (χ0n) is 17.2. The summed E-state index contributed by atoms with van der Waals surface area (Å²) in [6.07, 6.45) is 0. The Morgan fingerprint density at radius 3 is 2.16 bits per heavy atom. The molecule has 0 heterocycles. The van der Waals surface area contributed by atoms with Gasteiger partial charge in [-0.1, -0.05) is 24.3 Å². The topological polar surface area (TPSA) is 82.1 Å². The van der Waals surface area contributed by atoms with Crippen molar-refractivity contribution < 1.29 is 27.4 Å². The van der Waals surface area contributed by atoms with E-state index < -0.39 is 22.5 Å². The highest BCUT2D eigenvalue weighted by Gasteiger charge is 2.31. The summed E-state index contributed by atoms with van der Waals surface area (Å²) >= 11 is 0. The van der Waals surface area contributed by atoms with E-state index in [1.807, 2.05) is 6.92 Å². The molecule has 8 heteroatoms. The number of carbonyl (C=O) groups is 1. The van der Waals surface area contributed by atoms with Crippen LogP contribution in [0.15, 0.2) is 83.8 Å². The summed E-state index contributed by atoms with van der Waals surface area (Å²) in [5.74, 6) is 0.779. The summed E-state index contributed by atoms with van der Waals surface area (Å²) in [5, 5.41) is 0. The zero-order valence-corrected chi connectivity index (χ0v) is 18.0. The van der Waals surface area contributed by atoms with Gasteiger partial charge in [-0.05, 0) is 55.5 Å². The lowest BCUT2D eigenvalue weighted by Crippen LogP contribution is -2.40. The van der Waals surface area contributed by atoms with E-state index in [1.54, 1.807) is 54.6 Å². The Kier molecular flexibility index (Phi) is 7.15. The van der Waals surface area contributed by atoms with Crippen molar-refractivity contribution in [1.82, 2.24) is 0 Å². The van der Waals surface area contributed by atoms with Crippen LogP contribution in [0.1, 0.15) is 6.92 Å². The standard InChI is InChI=1S/C23H23NO6S/c1-3-29-19-14-12-18(13-15-19)24(31(26,27)22-10-5-4-6-11-22)23(25)17-30-21-9-7-8-20(16-21)28-2/h4-16H,3,17H2,1-2H3. The van der Waals surface area contributed by atoms with Crippen molar-refractivity contribution in [3.8, 4) is 17.2 Å². The highest BCUT2D eigenvalue weighted by Crippen LogP contribution is 2.27. The Hall–Kier alpha value is -3.52. The lowest BCUT2D eigenvalue weighted by molar-refractivity contribution is -0.119. The Bertz CT molecular complexity index is 1110. The van der Waals surface area contributed by atoms with Gasteiger partial charge in [-0.2, -0.15) is 4.31 Å². The predicted molar refractivity (Wildman–Crippen MR) is 117 cm³/mol. The van der Waals surface area contributed by atoms with Gasteiger partial charge in [0.1, 0.15) is 17.2 Å². The van der Waals surface area contributed by atoms with Crippen molar-refractivity contribution >= 4 is 21.6 Å². The van der Waals surface area contributed by atoms with E-state index in [-0.39, 0.29) is 10.6 Å². The van der Waals surface area contributed by atoms with Crippen molar-refractivity contribution in [3.63, 3.8) is 0 Å². The minimum atomic E-state index is -4.16. The van der Waals surface area contributed by atoms with Gasteiger partial charge in [-0.3, -0.25) is 4.79 Å². The van der Waals surface area contributed by atoms with Gasteiger partial charge in [-0.25, -0.2) is 8.42 Å². The van der Waals surface area contributed by atoms with E-state index in [0.717, 1.165) is 4.31 Å². The van der Waals surface area contributed by atoms with E-state index >= 15 is 0 Å². The van der Waals surface area contributed by atoms with Crippen LogP contribution < -0.4 is 18.5 Å². The van der Waals surface area contributed by atoms with Crippen LogP contribution in [0.4, 0.5) is 5.69 Å². The highest BCUT2D eigenvalue weighted by atomic mass is 32.2. The molecule has 0 spiro atoms. The third-order valence-corrected chi connectivity index (χ3v) is 6.06. The molecule has 1 amide bonds. The maximum atomic E-state index is 13.3. The number of anilines is 1. The second-order valence-corrected chi connectivity index (χ2v) is 8.16. The Morgan fingerprint density at radius 2 is 1.52 bits per heavy atom. The average molecular weight is 442 g/mol. The van der Waals surface area contributed by atoms with Gasteiger partial charge in [-0.15, -0.1) is 0 Å². The average Bonchev–Trinajstić information content (AvgIpc) is 2.80. The highest BCUT2D eigenvalue weighted by molar-refractivity contribution is 7.93. The molecule has 0 unspecified atom stereocenters. The van der Waals surface area contributed by atoms with E-state index in [1.165, 1.54) is 31.4 Å². The van der Waals surface area contributed by atoms with Crippen molar-refractivity contribution in [2.24, 2.45) is 0 Å². The summed E-state index contributed by atoms with van der Waals surface area (Å²) in [7, 11) is -2.64. The lowest BCUT2D eigenvalue weighted by atomic mass is 10.3. The molecule has 162 valence electrons. The quantitative estimate of drug-likeness (QED) is 0.501. The summed E-state index contributed by atoms with van der Waals surface area (Å²) in [6, 6.07) is 20.8. The van der Waals surface area contributed by atoms with Crippen LogP contribution in [0.5, 0.6) is 17.2 Å². The molecule has 0 aliphatic carbocycles. The molecule has 0 fully saturated rings. The number of hydrogen-bond acceptors (Lipinski definition) is 6. The maximum absolute atomic E-state index is 13.3. The minimum Gasteiger partial charge on any atom is -0.497 e. The van der Waals surface area contributed by atoms with Crippen LogP contribution in [0, 0.1) is 0 Å². The third kappa shape index (κ3) is 5.35. The van der Waals surface area contributed by atoms with Crippen molar-refractivity contribution in [3.05, 3.63) is 78.9 Å². The van der Waals surface area contributed by atoms with Crippen LogP contribution >= 0.6 is 0 Å². The Morgan fingerprint density at radius 1 is 0.839 bits per heavy atom. The molecule has 0 atom stereocenters. The SMILES string of the molecule is CCOc1ccc(N(C(=O)COc2cccc(OC)c2)S(=O)(=O)c2ccccc2)cc1. The van der Waals surface area contributed by atoms with Gasteiger partial charge in [0.15, 0.2) is 6.61 Å². The summed E-state index contributed by atoms with van der Waals surface area (Å²) < 4.78 is 43.4. The second-order valence-electron chi connectivity index (χ2n) is 6.37. The van der Waals surface area contributed by atoms with Crippen LogP contribution in [0.25, 0.3) is 0 Å². The zero-order chi connectivity index (χ0) is 22.3. The van der Waals surface area contributed by atoms with E-state index in [0.29, 0.717) is 23.9 Å². The molecule has 0 N–H and O–H groups in total. The second kappa shape index (κ2) is 9.99. The number of rotatable bonds is 9. The maximum Gasteiger partial charge on any atom is 0.278 e. The number of methoxy groups -OCH3 is 1. The monoisotopic (exact) mass is 441 g/mol. The van der Waals surface area contributed by atoms with Gasteiger partial charge >= 0.3 is 0 Å². The first kappa shape index (κ1) is 22.2. The minimum absolute atomic E-state index is 0.00128. The van der Waals surface area contributed by atoms with Crippen molar-refractivity contribution in [1.29, 1.82) is 0 Å². The van der Waals surface area contributed by atoms with Crippen LogP contribution in [0.3, 0.4) is 0 Å². The number of benzene rings is 3. The fraction of sp³-hybridized carbons (Fsp3) is 0.174. The molecule has 0 saturated heterocycles. The van der Waals surface area contributed by atoms with Gasteiger partial charge in [0, 0.05) is 6.07 Å². The number of amides is 1. The molecule has 31 heavy (non-hydrogen) atoms. The summed E-state index contributed by atoms with van der Waals surface area (Å²) in [5.41, 5.74) is 0.187. The van der Waals surface area contributed by atoms with Gasteiger partial charge < -0.3 is 14.2 Å². The molecule has 3 aromatic rings. The van der Waals surface area contributed by atoms with E-state index in [4.69, 9.17) is 14.2 Å². The Balaban J connectivity index is 1.92. The van der Waals surface area contributed by atoms with Gasteiger partial charge in [0.05, 0.1) is 24.3 Å². The fourth-order valence-corrected chi connectivity index (χ4v) is 4.29. The molecular formula is C23H23NO6S.